The standard InChI is InChI=1S/C18H22N2O5/c21-16(20-7-8-25-14(11-20)10-17(22)23)6-5-13-9-12-3-1-2-4-15(12)19-18(13)24/h1-4,13-14H,5-11H2,(H,19,24)(H,22,23). The molecule has 0 radical (unpaired) electrons. The van der Waals surface area contributed by atoms with Crippen molar-refractivity contribution in [2.75, 3.05) is 25.0 Å². The summed E-state index contributed by atoms with van der Waals surface area (Å²) in [4.78, 5) is 37.0. The summed E-state index contributed by atoms with van der Waals surface area (Å²) in [5.74, 6) is -1.24. The smallest absolute Gasteiger partial charge is 0.306 e. The molecule has 134 valence electrons. The number of nitrogens with zero attached hydrogens (tertiary/aromatic N) is 1. The lowest BCUT2D eigenvalue weighted by molar-refractivity contribution is -0.148. The largest absolute Gasteiger partial charge is 0.481 e. The molecule has 0 aliphatic carbocycles. The predicted molar refractivity (Wildman–Crippen MR) is 90.1 cm³/mol. The van der Waals surface area contributed by atoms with Crippen molar-refractivity contribution in [3.8, 4) is 0 Å². The van der Waals surface area contributed by atoms with E-state index in [9.17, 15) is 14.4 Å². The number of morpholine rings is 1. The number of carbonyl (C=O) groups is 3. The van der Waals surface area contributed by atoms with Gasteiger partial charge in [0.1, 0.15) is 0 Å². The minimum atomic E-state index is -0.933. The highest BCUT2D eigenvalue weighted by molar-refractivity contribution is 5.96. The average Bonchev–Trinajstić information content (AvgIpc) is 2.59. The summed E-state index contributed by atoms with van der Waals surface area (Å²) < 4.78 is 5.38. The maximum atomic E-state index is 12.4. The van der Waals surface area contributed by atoms with Crippen LogP contribution in [-0.2, 0) is 25.5 Å². The number of rotatable bonds is 5. The summed E-state index contributed by atoms with van der Waals surface area (Å²) in [6.07, 6.45) is 0.839. The molecule has 1 fully saturated rings. The number of carboxylic acids is 1. The first-order valence-corrected chi connectivity index (χ1v) is 8.53. The molecule has 3 rings (SSSR count). The Morgan fingerprint density at radius 2 is 2.12 bits per heavy atom. The molecule has 2 aliphatic heterocycles. The third-order valence-corrected chi connectivity index (χ3v) is 4.71. The second-order valence-electron chi connectivity index (χ2n) is 6.52. The van der Waals surface area contributed by atoms with Gasteiger partial charge in [0.2, 0.25) is 11.8 Å². The lowest BCUT2D eigenvalue weighted by Crippen LogP contribution is -2.46. The van der Waals surface area contributed by atoms with Crippen LogP contribution >= 0.6 is 0 Å². The van der Waals surface area contributed by atoms with Crippen molar-refractivity contribution >= 4 is 23.5 Å². The van der Waals surface area contributed by atoms with Gasteiger partial charge in [-0.1, -0.05) is 18.2 Å². The maximum Gasteiger partial charge on any atom is 0.306 e. The Labute approximate surface area is 146 Å². The number of nitrogens with one attached hydrogen (secondary N) is 1. The van der Waals surface area contributed by atoms with Gasteiger partial charge in [0.25, 0.3) is 0 Å². The third kappa shape index (κ3) is 4.36. The SMILES string of the molecule is O=C(O)CC1CN(C(=O)CCC2Cc3ccccc3NC2=O)CCO1. The first kappa shape index (κ1) is 17.4. The second-order valence-corrected chi connectivity index (χ2v) is 6.52. The molecule has 2 amide bonds. The molecule has 2 N–H and O–H groups in total. The predicted octanol–water partition coefficient (Wildman–Crippen LogP) is 1.28. The van der Waals surface area contributed by atoms with Crippen LogP contribution in [0.15, 0.2) is 24.3 Å². The van der Waals surface area contributed by atoms with Gasteiger partial charge < -0.3 is 20.1 Å². The van der Waals surface area contributed by atoms with Gasteiger partial charge in [-0.2, -0.15) is 0 Å². The lowest BCUT2D eigenvalue weighted by Gasteiger charge is -2.33. The fourth-order valence-corrected chi connectivity index (χ4v) is 3.37. The van der Waals surface area contributed by atoms with Crippen LogP contribution in [0.5, 0.6) is 0 Å². The number of hydrogen-bond acceptors (Lipinski definition) is 4. The second kappa shape index (κ2) is 7.65. The van der Waals surface area contributed by atoms with Crippen molar-refractivity contribution in [3.05, 3.63) is 29.8 Å². The summed E-state index contributed by atoms with van der Waals surface area (Å²) in [6.45, 7) is 1.11. The first-order chi connectivity index (χ1) is 12.0. The van der Waals surface area contributed by atoms with Crippen LogP contribution in [0.3, 0.4) is 0 Å². The zero-order valence-electron chi connectivity index (χ0n) is 13.9. The van der Waals surface area contributed by atoms with Crippen LogP contribution in [0, 0.1) is 5.92 Å². The summed E-state index contributed by atoms with van der Waals surface area (Å²) in [5.41, 5.74) is 1.94. The highest BCUT2D eigenvalue weighted by Gasteiger charge is 2.29. The summed E-state index contributed by atoms with van der Waals surface area (Å²) in [6, 6.07) is 7.69. The molecule has 1 aromatic rings. The third-order valence-electron chi connectivity index (χ3n) is 4.71. The van der Waals surface area contributed by atoms with Crippen LogP contribution in [0.1, 0.15) is 24.8 Å². The number of benzene rings is 1. The number of anilines is 1. The quantitative estimate of drug-likeness (QED) is 0.837. The van der Waals surface area contributed by atoms with Crippen molar-refractivity contribution in [1.82, 2.24) is 4.90 Å². The molecule has 0 aromatic heterocycles. The molecule has 0 saturated carbocycles. The van der Waals surface area contributed by atoms with Gasteiger partial charge in [-0.25, -0.2) is 0 Å². The Kier molecular flexibility index (Phi) is 5.33. The number of para-hydroxylation sites is 1. The Morgan fingerprint density at radius 1 is 1.32 bits per heavy atom. The molecule has 7 heteroatoms. The molecule has 2 aliphatic rings. The minimum Gasteiger partial charge on any atom is -0.481 e. The van der Waals surface area contributed by atoms with E-state index < -0.39 is 12.1 Å². The van der Waals surface area contributed by atoms with E-state index in [2.05, 4.69) is 5.32 Å². The molecular weight excluding hydrogens is 324 g/mol. The zero-order valence-corrected chi connectivity index (χ0v) is 13.9. The van der Waals surface area contributed by atoms with E-state index in [-0.39, 0.29) is 30.6 Å². The molecule has 2 atom stereocenters. The van der Waals surface area contributed by atoms with E-state index in [4.69, 9.17) is 9.84 Å². The molecule has 1 saturated heterocycles. The Hall–Kier alpha value is -2.41. The molecule has 25 heavy (non-hydrogen) atoms. The van der Waals surface area contributed by atoms with Gasteiger partial charge in [0.15, 0.2) is 0 Å². The Morgan fingerprint density at radius 3 is 2.92 bits per heavy atom. The number of fused-ring (bicyclic) bond motifs is 1. The van der Waals surface area contributed by atoms with Gasteiger partial charge >= 0.3 is 5.97 Å². The fourth-order valence-electron chi connectivity index (χ4n) is 3.37. The molecule has 1 aromatic carbocycles. The molecule has 2 unspecified atom stereocenters. The van der Waals surface area contributed by atoms with E-state index in [1.165, 1.54) is 0 Å². The zero-order chi connectivity index (χ0) is 17.8. The van der Waals surface area contributed by atoms with Crippen LogP contribution in [0.4, 0.5) is 5.69 Å². The van der Waals surface area contributed by atoms with Crippen molar-refractivity contribution in [2.45, 2.75) is 31.8 Å². The van der Waals surface area contributed by atoms with Gasteiger partial charge in [-0.3, -0.25) is 14.4 Å². The minimum absolute atomic E-state index is 0.0442. The van der Waals surface area contributed by atoms with E-state index in [1.54, 1.807) is 4.90 Å². The van der Waals surface area contributed by atoms with E-state index in [1.807, 2.05) is 24.3 Å². The number of amides is 2. The summed E-state index contributed by atoms with van der Waals surface area (Å²) >= 11 is 0. The monoisotopic (exact) mass is 346 g/mol. The van der Waals surface area contributed by atoms with Crippen molar-refractivity contribution < 1.29 is 24.2 Å². The maximum absolute atomic E-state index is 12.4. The van der Waals surface area contributed by atoms with Crippen molar-refractivity contribution in [3.63, 3.8) is 0 Å². The number of carboxylic acid groups (broad SMARTS) is 1. The molecular formula is C18H22N2O5. The first-order valence-electron chi connectivity index (χ1n) is 8.53. The van der Waals surface area contributed by atoms with Crippen LogP contribution < -0.4 is 5.32 Å². The average molecular weight is 346 g/mol. The Bertz CT molecular complexity index is 675. The number of hydrogen-bond donors (Lipinski definition) is 2. The van der Waals surface area contributed by atoms with Crippen LogP contribution in [0.25, 0.3) is 0 Å². The van der Waals surface area contributed by atoms with Gasteiger partial charge in [0.05, 0.1) is 19.1 Å². The number of aliphatic carboxylic acids is 1. The lowest BCUT2D eigenvalue weighted by atomic mass is 9.89. The topological polar surface area (TPSA) is 95.9 Å². The molecule has 0 spiro atoms. The van der Waals surface area contributed by atoms with Gasteiger partial charge in [0, 0.05) is 31.1 Å². The normalized spacial score (nSPS) is 22.9. The molecule has 7 nitrogen and oxygen atoms in total. The van der Waals surface area contributed by atoms with E-state index in [0.29, 0.717) is 32.5 Å². The van der Waals surface area contributed by atoms with Crippen LogP contribution in [0.2, 0.25) is 0 Å². The highest BCUT2D eigenvalue weighted by Crippen LogP contribution is 2.27. The summed E-state index contributed by atoms with van der Waals surface area (Å²) in [7, 11) is 0. The van der Waals surface area contributed by atoms with Gasteiger partial charge in [-0.05, 0) is 24.5 Å². The number of carbonyl (C=O) groups excluding carboxylic acids is 2. The Balaban J connectivity index is 1.52. The van der Waals surface area contributed by atoms with Crippen molar-refractivity contribution in [1.29, 1.82) is 0 Å². The van der Waals surface area contributed by atoms with Crippen molar-refractivity contribution in [2.24, 2.45) is 5.92 Å². The van der Waals surface area contributed by atoms with Gasteiger partial charge in [-0.15, -0.1) is 0 Å². The highest BCUT2D eigenvalue weighted by atomic mass is 16.5. The molecule has 2 heterocycles. The number of ether oxygens (including phenoxy) is 1. The van der Waals surface area contributed by atoms with Crippen LogP contribution in [-0.4, -0.2) is 53.6 Å². The fraction of sp³-hybridized carbons (Fsp3) is 0.500. The summed E-state index contributed by atoms with van der Waals surface area (Å²) in [5, 5.41) is 11.7. The van der Waals surface area contributed by atoms with E-state index in [0.717, 1.165) is 11.3 Å². The van der Waals surface area contributed by atoms with E-state index >= 15 is 0 Å². The molecule has 0 bridgehead atoms.